The van der Waals surface area contributed by atoms with Gasteiger partial charge in [0.25, 0.3) is 5.91 Å². The van der Waals surface area contributed by atoms with Gasteiger partial charge in [-0.05, 0) is 49.7 Å². The van der Waals surface area contributed by atoms with E-state index in [1.807, 2.05) is 37.3 Å². The number of thiazole rings is 1. The number of nitrogens with one attached hydrogen (secondary N) is 1. The number of hydrogen-bond donors (Lipinski definition) is 1. The van der Waals surface area contributed by atoms with Crippen LogP contribution in [0, 0.1) is 6.92 Å². The molecule has 27 heavy (non-hydrogen) atoms. The Morgan fingerprint density at radius 3 is 2.56 bits per heavy atom. The van der Waals surface area contributed by atoms with Gasteiger partial charge >= 0.3 is 0 Å². The van der Waals surface area contributed by atoms with Gasteiger partial charge in [-0.1, -0.05) is 23.5 Å². The number of para-hydroxylation sites is 1. The number of hydrogen-bond acceptors (Lipinski definition) is 4. The zero-order chi connectivity index (χ0) is 19.4. The zero-order valence-corrected chi connectivity index (χ0v) is 17.1. The standard InChI is InChI=1S/C21H25N3O2S/c1-5-26-17-11-9-16(10-12-17)20(25)24(14-13-23(3)4)21-22-19-15(2)7-6-8-18(19)27-21/h6-12H,5,13-14H2,1-4H3/p+1. The molecular weight excluding hydrogens is 358 g/mol. The van der Waals surface area contributed by atoms with Gasteiger partial charge in [0.15, 0.2) is 5.13 Å². The second-order valence-corrected chi connectivity index (χ2v) is 7.80. The van der Waals surface area contributed by atoms with E-state index in [9.17, 15) is 4.79 Å². The van der Waals surface area contributed by atoms with Crippen molar-refractivity contribution in [1.82, 2.24) is 4.98 Å². The molecule has 3 rings (SSSR count). The van der Waals surface area contributed by atoms with Crippen LogP contribution in [0.5, 0.6) is 5.75 Å². The lowest BCUT2D eigenvalue weighted by Crippen LogP contribution is -3.06. The fourth-order valence-electron chi connectivity index (χ4n) is 2.83. The van der Waals surface area contributed by atoms with Gasteiger partial charge in [-0.2, -0.15) is 0 Å². The van der Waals surface area contributed by atoms with E-state index in [2.05, 4.69) is 33.2 Å². The number of benzene rings is 2. The lowest BCUT2D eigenvalue weighted by atomic mass is 10.2. The molecule has 0 aliphatic rings. The van der Waals surface area contributed by atoms with Crippen molar-refractivity contribution < 1.29 is 14.4 Å². The Hall–Kier alpha value is -2.44. The first-order valence-corrected chi connectivity index (χ1v) is 10.0. The Morgan fingerprint density at radius 2 is 1.93 bits per heavy atom. The third-order valence-corrected chi connectivity index (χ3v) is 5.38. The smallest absolute Gasteiger partial charge is 0.260 e. The van der Waals surface area contributed by atoms with E-state index < -0.39 is 0 Å². The Kier molecular flexibility index (Phi) is 6.08. The van der Waals surface area contributed by atoms with E-state index in [1.165, 1.54) is 4.90 Å². The molecule has 5 nitrogen and oxygen atoms in total. The summed E-state index contributed by atoms with van der Waals surface area (Å²) >= 11 is 1.57. The third kappa shape index (κ3) is 4.46. The Balaban J connectivity index is 1.93. The number of quaternary nitrogens is 1. The van der Waals surface area contributed by atoms with Crippen LogP contribution in [0.1, 0.15) is 22.8 Å². The van der Waals surface area contributed by atoms with Crippen molar-refractivity contribution in [2.75, 3.05) is 38.7 Å². The molecule has 0 unspecified atom stereocenters. The van der Waals surface area contributed by atoms with Gasteiger partial charge in [0.1, 0.15) is 5.75 Å². The maximum atomic E-state index is 13.2. The molecule has 1 heterocycles. The summed E-state index contributed by atoms with van der Waals surface area (Å²) < 4.78 is 6.58. The van der Waals surface area contributed by atoms with Crippen molar-refractivity contribution in [1.29, 1.82) is 0 Å². The number of rotatable bonds is 7. The van der Waals surface area contributed by atoms with Gasteiger partial charge in [-0.15, -0.1) is 0 Å². The highest BCUT2D eigenvalue weighted by Crippen LogP contribution is 2.31. The Labute approximate surface area is 164 Å². The normalized spacial score (nSPS) is 11.1. The molecule has 0 aliphatic heterocycles. The van der Waals surface area contributed by atoms with Gasteiger partial charge in [-0.3, -0.25) is 9.69 Å². The predicted molar refractivity (Wildman–Crippen MR) is 111 cm³/mol. The van der Waals surface area contributed by atoms with Gasteiger partial charge in [0.2, 0.25) is 0 Å². The van der Waals surface area contributed by atoms with Crippen LogP contribution in [0.25, 0.3) is 10.2 Å². The van der Waals surface area contributed by atoms with Crippen molar-refractivity contribution in [2.24, 2.45) is 0 Å². The minimum absolute atomic E-state index is 0.0315. The predicted octanol–water partition coefficient (Wildman–Crippen LogP) is 2.79. The van der Waals surface area contributed by atoms with Crippen molar-refractivity contribution in [3.8, 4) is 5.75 Å². The minimum Gasteiger partial charge on any atom is -0.494 e. The molecule has 0 spiro atoms. The number of aromatic nitrogens is 1. The van der Waals surface area contributed by atoms with Crippen LogP contribution in [0.3, 0.4) is 0 Å². The Morgan fingerprint density at radius 1 is 1.19 bits per heavy atom. The van der Waals surface area contributed by atoms with Crippen LogP contribution < -0.4 is 14.5 Å². The van der Waals surface area contributed by atoms with Crippen molar-refractivity contribution in [3.63, 3.8) is 0 Å². The van der Waals surface area contributed by atoms with Crippen LogP contribution in [-0.2, 0) is 0 Å². The number of ether oxygens (including phenoxy) is 1. The third-order valence-electron chi connectivity index (χ3n) is 4.33. The molecule has 0 bridgehead atoms. The fourth-order valence-corrected chi connectivity index (χ4v) is 3.89. The molecule has 6 heteroatoms. The molecule has 0 radical (unpaired) electrons. The molecule has 3 aromatic rings. The highest BCUT2D eigenvalue weighted by Gasteiger charge is 2.22. The van der Waals surface area contributed by atoms with E-state index >= 15 is 0 Å². The molecular formula is C21H26N3O2S+. The quantitative estimate of drug-likeness (QED) is 0.681. The van der Waals surface area contributed by atoms with E-state index in [-0.39, 0.29) is 5.91 Å². The summed E-state index contributed by atoms with van der Waals surface area (Å²) in [5.74, 6) is 0.741. The summed E-state index contributed by atoms with van der Waals surface area (Å²) in [6.45, 7) is 6.06. The highest BCUT2D eigenvalue weighted by atomic mass is 32.1. The molecule has 0 aliphatic carbocycles. The summed E-state index contributed by atoms with van der Waals surface area (Å²) in [6.07, 6.45) is 0. The minimum atomic E-state index is -0.0315. The fraction of sp³-hybridized carbons (Fsp3) is 0.333. The van der Waals surface area contributed by atoms with Crippen LogP contribution in [0.2, 0.25) is 0 Å². The number of fused-ring (bicyclic) bond motifs is 1. The molecule has 0 fully saturated rings. The number of anilines is 1. The average Bonchev–Trinajstić information content (AvgIpc) is 3.08. The summed E-state index contributed by atoms with van der Waals surface area (Å²) in [5.41, 5.74) is 2.74. The first-order chi connectivity index (χ1) is 13.0. The van der Waals surface area contributed by atoms with E-state index in [0.29, 0.717) is 18.7 Å². The second kappa shape index (κ2) is 8.50. The zero-order valence-electron chi connectivity index (χ0n) is 16.3. The van der Waals surface area contributed by atoms with Crippen LogP contribution in [0.15, 0.2) is 42.5 Å². The SMILES string of the molecule is CCOc1ccc(C(=O)N(CC[NH+](C)C)c2nc3c(C)cccc3s2)cc1. The number of aryl methyl sites for hydroxylation is 1. The number of carbonyl (C=O) groups excluding carboxylic acids is 1. The van der Waals surface area contributed by atoms with Gasteiger partial charge < -0.3 is 9.64 Å². The number of amides is 1. The highest BCUT2D eigenvalue weighted by molar-refractivity contribution is 7.22. The van der Waals surface area contributed by atoms with Crippen molar-refractivity contribution in [3.05, 3.63) is 53.6 Å². The van der Waals surface area contributed by atoms with Crippen molar-refractivity contribution >= 4 is 32.6 Å². The van der Waals surface area contributed by atoms with Gasteiger partial charge in [0.05, 0.1) is 44.0 Å². The average molecular weight is 385 g/mol. The molecule has 0 atom stereocenters. The molecule has 1 aromatic heterocycles. The number of carbonyl (C=O) groups is 1. The summed E-state index contributed by atoms with van der Waals surface area (Å²) in [4.78, 5) is 21.1. The second-order valence-electron chi connectivity index (χ2n) is 6.79. The van der Waals surface area contributed by atoms with Gasteiger partial charge in [0, 0.05) is 5.56 Å². The molecule has 0 saturated heterocycles. The summed E-state index contributed by atoms with van der Waals surface area (Å²) in [6, 6.07) is 13.5. The van der Waals surface area contributed by atoms with Crippen molar-refractivity contribution in [2.45, 2.75) is 13.8 Å². The number of likely N-dealkylation sites (N-methyl/N-ethyl adjacent to an activating group) is 1. The summed E-state index contributed by atoms with van der Waals surface area (Å²) in [7, 11) is 4.17. The lowest BCUT2D eigenvalue weighted by Gasteiger charge is -2.21. The topological polar surface area (TPSA) is 46.9 Å². The maximum Gasteiger partial charge on any atom is 0.260 e. The molecule has 142 valence electrons. The lowest BCUT2D eigenvalue weighted by molar-refractivity contribution is -0.856. The first-order valence-electron chi connectivity index (χ1n) is 9.19. The maximum absolute atomic E-state index is 13.2. The first kappa shape index (κ1) is 19.3. The van der Waals surface area contributed by atoms with E-state index in [1.54, 1.807) is 16.2 Å². The molecule has 1 N–H and O–H groups in total. The monoisotopic (exact) mass is 384 g/mol. The van der Waals surface area contributed by atoms with E-state index in [4.69, 9.17) is 9.72 Å². The van der Waals surface area contributed by atoms with Crippen LogP contribution >= 0.6 is 11.3 Å². The molecule has 2 aromatic carbocycles. The van der Waals surface area contributed by atoms with Crippen LogP contribution in [0.4, 0.5) is 5.13 Å². The largest absolute Gasteiger partial charge is 0.494 e. The molecule has 0 saturated carbocycles. The van der Waals surface area contributed by atoms with Crippen LogP contribution in [-0.4, -0.2) is 44.7 Å². The molecule has 1 amide bonds. The summed E-state index contributed by atoms with van der Waals surface area (Å²) in [5, 5.41) is 0.749. The van der Waals surface area contributed by atoms with Gasteiger partial charge in [-0.25, -0.2) is 4.98 Å². The Bertz CT molecular complexity index is 919. The number of nitrogens with zero attached hydrogens (tertiary/aromatic N) is 2. The van der Waals surface area contributed by atoms with E-state index in [0.717, 1.165) is 33.2 Å².